The maximum atomic E-state index is 12.7. The zero-order chi connectivity index (χ0) is 18.3. The molecule has 7 nitrogen and oxygen atoms in total. The molecular weight excluding hydrogens is 334 g/mol. The largest absolute Gasteiger partial charge is 0.480 e. The summed E-state index contributed by atoms with van der Waals surface area (Å²) in [5.41, 5.74) is 0.440. The average molecular weight is 355 g/mol. The molecule has 0 spiro atoms. The van der Waals surface area contributed by atoms with Gasteiger partial charge in [-0.1, -0.05) is 18.6 Å². The van der Waals surface area contributed by atoms with Gasteiger partial charge in [-0.25, -0.2) is 9.78 Å². The topological polar surface area (TPSA) is 92.5 Å². The summed E-state index contributed by atoms with van der Waals surface area (Å²) in [6.07, 6.45) is 4.46. The molecule has 2 heterocycles. The SMILES string of the molecule is O=C(O)C1C2CCCC2CN1C(=O)CCn1cnc2ccccc2c1=O. The minimum absolute atomic E-state index is 0.0708. The highest BCUT2D eigenvalue weighted by atomic mass is 16.4. The summed E-state index contributed by atoms with van der Waals surface area (Å²) in [6, 6.07) is 6.36. The molecule has 26 heavy (non-hydrogen) atoms. The van der Waals surface area contributed by atoms with Crippen LogP contribution < -0.4 is 5.56 Å². The highest BCUT2D eigenvalue weighted by Crippen LogP contribution is 2.42. The van der Waals surface area contributed by atoms with Gasteiger partial charge in [-0.2, -0.15) is 0 Å². The smallest absolute Gasteiger partial charge is 0.326 e. The van der Waals surface area contributed by atoms with Crippen LogP contribution in [0.15, 0.2) is 35.4 Å². The highest BCUT2D eigenvalue weighted by Gasteiger charge is 2.49. The van der Waals surface area contributed by atoms with Gasteiger partial charge in [0.05, 0.1) is 17.2 Å². The monoisotopic (exact) mass is 355 g/mol. The van der Waals surface area contributed by atoms with Gasteiger partial charge in [-0.3, -0.25) is 14.2 Å². The number of fused-ring (bicyclic) bond motifs is 2. The molecule has 0 radical (unpaired) electrons. The molecule has 1 aromatic heterocycles. The van der Waals surface area contributed by atoms with E-state index in [0.29, 0.717) is 23.4 Å². The van der Waals surface area contributed by atoms with E-state index in [1.54, 1.807) is 18.2 Å². The molecule has 1 aromatic carbocycles. The molecule has 136 valence electrons. The van der Waals surface area contributed by atoms with E-state index >= 15 is 0 Å². The fourth-order valence-electron chi connectivity index (χ4n) is 4.50. The van der Waals surface area contributed by atoms with E-state index in [2.05, 4.69) is 4.98 Å². The van der Waals surface area contributed by atoms with Gasteiger partial charge in [0.25, 0.3) is 5.56 Å². The number of benzene rings is 1. The zero-order valence-electron chi connectivity index (χ0n) is 14.4. The van der Waals surface area contributed by atoms with Gasteiger partial charge in [-0.05, 0) is 36.8 Å². The second kappa shape index (κ2) is 6.55. The number of rotatable bonds is 4. The third-order valence-electron chi connectivity index (χ3n) is 5.76. The lowest BCUT2D eigenvalue weighted by Gasteiger charge is -2.24. The number of carbonyl (C=O) groups is 2. The number of aromatic nitrogens is 2. The normalized spacial score (nSPS) is 24.8. The lowest BCUT2D eigenvalue weighted by atomic mass is 9.94. The fourth-order valence-corrected chi connectivity index (χ4v) is 4.50. The molecule has 3 atom stereocenters. The van der Waals surface area contributed by atoms with Crippen molar-refractivity contribution in [3.05, 3.63) is 40.9 Å². The third kappa shape index (κ3) is 2.77. The Bertz CT molecular complexity index is 922. The van der Waals surface area contributed by atoms with Crippen molar-refractivity contribution in [3.8, 4) is 0 Å². The molecular formula is C19H21N3O4. The Morgan fingerprint density at radius 3 is 2.85 bits per heavy atom. The molecule has 3 unspecified atom stereocenters. The van der Waals surface area contributed by atoms with E-state index < -0.39 is 12.0 Å². The summed E-state index contributed by atoms with van der Waals surface area (Å²) in [5, 5.41) is 10.1. The number of para-hydroxylation sites is 1. The number of nitrogens with zero attached hydrogens (tertiary/aromatic N) is 3. The number of carboxylic acid groups (broad SMARTS) is 1. The van der Waals surface area contributed by atoms with Crippen LogP contribution in [0.2, 0.25) is 0 Å². The summed E-state index contributed by atoms with van der Waals surface area (Å²) in [6.45, 7) is 0.721. The zero-order valence-corrected chi connectivity index (χ0v) is 14.4. The second-order valence-corrected chi connectivity index (χ2v) is 7.19. The number of hydrogen-bond donors (Lipinski definition) is 1. The predicted molar refractivity (Wildman–Crippen MR) is 94.6 cm³/mol. The molecule has 1 saturated heterocycles. The molecule has 2 fully saturated rings. The van der Waals surface area contributed by atoms with Crippen molar-refractivity contribution in [2.75, 3.05) is 6.54 Å². The van der Waals surface area contributed by atoms with Gasteiger partial charge in [0.2, 0.25) is 5.91 Å². The van der Waals surface area contributed by atoms with Crippen LogP contribution in [-0.4, -0.2) is 44.0 Å². The molecule has 2 aliphatic rings. The van der Waals surface area contributed by atoms with Crippen molar-refractivity contribution in [3.63, 3.8) is 0 Å². The molecule has 4 rings (SSSR count). The third-order valence-corrected chi connectivity index (χ3v) is 5.76. The van der Waals surface area contributed by atoms with Crippen LogP contribution in [0, 0.1) is 11.8 Å². The molecule has 1 aliphatic heterocycles. The summed E-state index contributed by atoms with van der Waals surface area (Å²) >= 11 is 0. The lowest BCUT2D eigenvalue weighted by Crippen LogP contribution is -2.43. The highest BCUT2D eigenvalue weighted by molar-refractivity contribution is 5.85. The molecule has 1 saturated carbocycles. The quantitative estimate of drug-likeness (QED) is 0.897. The van der Waals surface area contributed by atoms with Crippen LogP contribution in [-0.2, 0) is 16.1 Å². The molecule has 1 aliphatic carbocycles. The number of aliphatic carboxylic acids is 1. The summed E-state index contributed by atoms with van der Waals surface area (Å²) in [5.74, 6) is -0.754. The van der Waals surface area contributed by atoms with Crippen LogP contribution in [0.25, 0.3) is 10.9 Å². The van der Waals surface area contributed by atoms with E-state index in [-0.39, 0.29) is 30.3 Å². The summed E-state index contributed by atoms with van der Waals surface area (Å²) in [7, 11) is 0. The Labute approximate surface area is 150 Å². The van der Waals surface area contributed by atoms with E-state index in [4.69, 9.17) is 0 Å². The van der Waals surface area contributed by atoms with E-state index in [1.807, 2.05) is 6.07 Å². The summed E-state index contributed by atoms with van der Waals surface area (Å²) < 4.78 is 1.42. The Morgan fingerprint density at radius 2 is 2.04 bits per heavy atom. The Hall–Kier alpha value is -2.70. The van der Waals surface area contributed by atoms with Crippen molar-refractivity contribution < 1.29 is 14.7 Å². The number of carbonyl (C=O) groups excluding carboxylic acids is 1. The number of carboxylic acids is 1. The lowest BCUT2D eigenvalue weighted by molar-refractivity contribution is -0.149. The van der Waals surface area contributed by atoms with Crippen LogP contribution in [0.5, 0.6) is 0 Å². The van der Waals surface area contributed by atoms with E-state index in [1.165, 1.54) is 15.8 Å². The van der Waals surface area contributed by atoms with Gasteiger partial charge in [0, 0.05) is 19.5 Å². The van der Waals surface area contributed by atoms with Crippen molar-refractivity contribution in [2.24, 2.45) is 11.8 Å². The molecule has 1 amide bonds. The molecule has 2 aromatic rings. The van der Waals surface area contributed by atoms with Crippen LogP contribution in [0.4, 0.5) is 0 Å². The minimum Gasteiger partial charge on any atom is -0.480 e. The number of amides is 1. The predicted octanol–water partition coefficient (Wildman–Crippen LogP) is 1.50. The van der Waals surface area contributed by atoms with Gasteiger partial charge in [0.15, 0.2) is 0 Å². The van der Waals surface area contributed by atoms with Gasteiger partial charge in [0.1, 0.15) is 6.04 Å². The maximum absolute atomic E-state index is 12.7. The van der Waals surface area contributed by atoms with Crippen LogP contribution in [0.3, 0.4) is 0 Å². The van der Waals surface area contributed by atoms with Gasteiger partial charge >= 0.3 is 5.97 Å². The number of likely N-dealkylation sites (tertiary alicyclic amines) is 1. The van der Waals surface area contributed by atoms with Gasteiger partial charge in [-0.15, -0.1) is 0 Å². The van der Waals surface area contributed by atoms with E-state index in [0.717, 1.165) is 19.3 Å². The van der Waals surface area contributed by atoms with E-state index in [9.17, 15) is 19.5 Å². The van der Waals surface area contributed by atoms with Crippen molar-refractivity contribution in [1.29, 1.82) is 0 Å². The second-order valence-electron chi connectivity index (χ2n) is 7.19. The van der Waals surface area contributed by atoms with Crippen LogP contribution in [0.1, 0.15) is 25.7 Å². The van der Waals surface area contributed by atoms with Crippen molar-refractivity contribution >= 4 is 22.8 Å². The minimum atomic E-state index is -0.919. The van der Waals surface area contributed by atoms with Crippen molar-refractivity contribution in [2.45, 2.75) is 38.3 Å². The first kappa shape index (κ1) is 16.8. The molecule has 0 bridgehead atoms. The molecule has 7 heteroatoms. The van der Waals surface area contributed by atoms with Crippen molar-refractivity contribution in [1.82, 2.24) is 14.5 Å². The molecule has 1 N–H and O–H groups in total. The Balaban J connectivity index is 1.50. The standard InChI is InChI=1S/C19H21N3O4/c23-16(22-10-12-4-3-6-13(12)17(22)19(25)26)8-9-21-11-20-15-7-2-1-5-14(15)18(21)24/h1-2,5,7,11-13,17H,3-4,6,8-10H2,(H,25,26). The fraction of sp³-hybridized carbons (Fsp3) is 0.474. The maximum Gasteiger partial charge on any atom is 0.326 e. The Morgan fingerprint density at radius 1 is 1.23 bits per heavy atom. The first-order chi connectivity index (χ1) is 12.6. The average Bonchev–Trinajstić information content (AvgIpc) is 3.21. The first-order valence-corrected chi connectivity index (χ1v) is 9.02. The first-order valence-electron chi connectivity index (χ1n) is 9.02. The van der Waals surface area contributed by atoms with Gasteiger partial charge < -0.3 is 10.0 Å². The van der Waals surface area contributed by atoms with Crippen LogP contribution >= 0.6 is 0 Å². The number of aryl methyl sites for hydroxylation is 1. The Kier molecular flexibility index (Phi) is 4.22. The number of hydrogen-bond acceptors (Lipinski definition) is 4. The summed E-state index contributed by atoms with van der Waals surface area (Å²) in [4.78, 5) is 42.6.